The van der Waals surface area contributed by atoms with Crippen LogP contribution in [0.2, 0.25) is 0 Å². The lowest BCUT2D eigenvalue weighted by Crippen LogP contribution is -1.79. The Morgan fingerprint density at radius 3 is 0.812 bits per heavy atom. The van der Waals surface area contributed by atoms with E-state index in [9.17, 15) is 0 Å². The van der Waals surface area contributed by atoms with Gasteiger partial charge in [0.15, 0.2) is 0 Å². The van der Waals surface area contributed by atoms with Gasteiger partial charge in [-0.1, -0.05) is 108 Å². The zero-order valence-corrected chi connectivity index (χ0v) is 19.2. The zero-order chi connectivity index (χ0) is 21.6. The van der Waals surface area contributed by atoms with Crippen LogP contribution in [0.15, 0.2) is 153 Å². The fraction of sp³-hybridized carbons (Fsp3) is 0. The van der Waals surface area contributed by atoms with Crippen LogP contribution < -0.4 is 0 Å². The maximum absolute atomic E-state index is 2.20. The zero-order valence-electron chi connectivity index (χ0n) is 17.5. The lowest BCUT2D eigenvalue weighted by Gasteiger charge is -2.07. The minimum Gasteiger partial charge on any atom is -0.0901 e. The first-order chi connectivity index (χ1) is 15.8. The average Bonchev–Trinajstić information content (AvgIpc) is 2.87. The molecule has 0 radical (unpaired) electrons. The van der Waals surface area contributed by atoms with E-state index in [0.29, 0.717) is 0 Å². The molecule has 0 bridgehead atoms. The molecule has 0 aromatic heterocycles. The number of hydrogen-bond donors (Lipinski definition) is 0. The van der Waals surface area contributed by atoms with E-state index >= 15 is 0 Å². The maximum atomic E-state index is 2.20. The summed E-state index contributed by atoms with van der Waals surface area (Å²) in [6.07, 6.45) is 0. The van der Waals surface area contributed by atoms with Crippen LogP contribution in [0.3, 0.4) is 0 Å². The Bertz CT molecular complexity index is 1160. The van der Waals surface area contributed by atoms with E-state index in [2.05, 4.69) is 133 Å². The molecule has 0 fully saturated rings. The van der Waals surface area contributed by atoms with Crippen molar-refractivity contribution >= 4 is 23.5 Å². The lowest BCUT2D eigenvalue weighted by molar-refractivity contribution is 1.33. The molecule has 0 amide bonds. The second-order valence-corrected chi connectivity index (χ2v) is 9.75. The van der Waals surface area contributed by atoms with Crippen LogP contribution in [0.5, 0.6) is 0 Å². The lowest BCUT2D eigenvalue weighted by atomic mass is 10.1. The van der Waals surface area contributed by atoms with Crippen molar-refractivity contribution in [1.82, 2.24) is 0 Å². The van der Waals surface area contributed by atoms with Gasteiger partial charge in [0.05, 0.1) is 0 Å². The molecule has 0 N–H and O–H groups in total. The smallest absolute Gasteiger partial charge is 0.0123 e. The van der Waals surface area contributed by atoms with Crippen molar-refractivity contribution in [2.24, 2.45) is 0 Å². The molecule has 2 heteroatoms. The second-order valence-electron chi connectivity index (χ2n) is 7.46. The molecule has 0 heterocycles. The molecule has 5 aromatic carbocycles. The van der Waals surface area contributed by atoms with Crippen LogP contribution in [-0.2, 0) is 0 Å². The molecule has 0 saturated carbocycles. The summed E-state index contributed by atoms with van der Waals surface area (Å²) in [5.74, 6) is 0. The van der Waals surface area contributed by atoms with Gasteiger partial charge in [0, 0.05) is 19.6 Å². The molecule has 0 unspecified atom stereocenters. The summed E-state index contributed by atoms with van der Waals surface area (Å²) in [6, 6.07) is 47.4. The fourth-order valence-electron chi connectivity index (χ4n) is 3.54. The fourth-order valence-corrected chi connectivity index (χ4v) is 5.17. The van der Waals surface area contributed by atoms with Crippen molar-refractivity contribution in [3.8, 4) is 22.3 Å². The van der Waals surface area contributed by atoms with Crippen LogP contribution in [0.25, 0.3) is 22.3 Å². The third kappa shape index (κ3) is 5.16. The summed E-state index contributed by atoms with van der Waals surface area (Å²) in [4.78, 5) is 5.01. The first-order valence-corrected chi connectivity index (χ1v) is 12.2. The summed E-state index contributed by atoms with van der Waals surface area (Å²) in [7, 11) is 0. The van der Waals surface area contributed by atoms with E-state index in [0.717, 1.165) is 0 Å². The predicted molar refractivity (Wildman–Crippen MR) is 138 cm³/mol. The van der Waals surface area contributed by atoms with Gasteiger partial charge < -0.3 is 0 Å². The molecule has 5 aromatic rings. The molecule has 0 spiro atoms. The first-order valence-electron chi connectivity index (χ1n) is 10.6. The van der Waals surface area contributed by atoms with Crippen molar-refractivity contribution in [2.75, 3.05) is 0 Å². The van der Waals surface area contributed by atoms with Crippen molar-refractivity contribution in [3.63, 3.8) is 0 Å². The van der Waals surface area contributed by atoms with E-state index in [-0.39, 0.29) is 0 Å². The van der Waals surface area contributed by atoms with Crippen LogP contribution in [0.1, 0.15) is 0 Å². The number of hydrogen-bond acceptors (Lipinski definition) is 2. The molecule has 0 nitrogen and oxygen atoms in total. The van der Waals surface area contributed by atoms with E-state index in [1.807, 2.05) is 0 Å². The van der Waals surface area contributed by atoms with Gasteiger partial charge in [-0.05, 0) is 70.8 Å². The summed E-state index contributed by atoms with van der Waals surface area (Å²) >= 11 is 3.59. The second kappa shape index (κ2) is 9.95. The molecular formula is C30H22S2. The topological polar surface area (TPSA) is 0 Å². The number of rotatable bonds is 6. The minimum absolute atomic E-state index is 1.25. The maximum Gasteiger partial charge on any atom is 0.0123 e. The summed E-state index contributed by atoms with van der Waals surface area (Å²) in [5.41, 5.74) is 5.00. The summed E-state index contributed by atoms with van der Waals surface area (Å²) in [6.45, 7) is 0. The molecule has 0 aliphatic heterocycles. The van der Waals surface area contributed by atoms with Crippen molar-refractivity contribution < 1.29 is 0 Å². The highest BCUT2D eigenvalue weighted by Crippen LogP contribution is 2.34. The Morgan fingerprint density at radius 2 is 0.500 bits per heavy atom. The molecule has 0 aliphatic rings. The monoisotopic (exact) mass is 446 g/mol. The Morgan fingerprint density at radius 1 is 0.250 bits per heavy atom. The standard InChI is InChI=1S/C30H22S2/c1-3-7-23(8-4-1)25-11-15-27(16-12-25)31-29-19-21-30(22-20-29)32-28-17-13-26(14-18-28)24-9-5-2-6-10-24/h1-22H. The Balaban J connectivity index is 1.22. The van der Waals surface area contributed by atoms with Gasteiger partial charge in [0.25, 0.3) is 0 Å². The Hall–Kier alpha value is -3.20. The highest BCUT2D eigenvalue weighted by molar-refractivity contribution is 7.99. The van der Waals surface area contributed by atoms with E-state index in [1.165, 1.54) is 41.8 Å². The molecule has 5 rings (SSSR count). The predicted octanol–water partition coefficient (Wildman–Crippen LogP) is 9.32. The van der Waals surface area contributed by atoms with Crippen LogP contribution in [0, 0.1) is 0 Å². The normalized spacial score (nSPS) is 10.8. The van der Waals surface area contributed by atoms with Gasteiger partial charge in [-0.25, -0.2) is 0 Å². The SMILES string of the molecule is c1ccc(-c2ccc(Sc3ccc(Sc4ccc(-c5ccccc5)cc4)cc3)cc2)cc1. The van der Waals surface area contributed by atoms with Crippen LogP contribution >= 0.6 is 23.5 Å². The van der Waals surface area contributed by atoms with Gasteiger partial charge >= 0.3 is 0 Å². The minimum atomic E-state index is 1.25. The quantitative estimate of drug-likeness (QED) is 0.255. The molecule has 0 atom stereocenters. The van der Waals surface area contributed by atoms with E-state index < -0.39 is 0 Å². The van der Waals surface area contributed by atoms with Gasteiger partial charge in [-0.15, -0.1) is 0 Å². The third-order valence-corrected chi connectivity index (χ3v) is 7.25. The van der Waals surface area contributed by atoms with Gasteiger partial charge in [-0.3, -0.25) is 0 Å². The third-order valence-electron chi connectivity index (χ3n) is 5.22. The van der Waals surface area contributed by atoms with Crippen molar-refractivity contribution in [1.29, 1.82) is 0 Å². The molecule has 154 valence electrons. The van der Waals surface area contributed by atoms with Gasteiger partial charge in [-0.2, -0.15) is 0 Å². The Labute approximate surface area is 198 Å². The summed E-state index contributed by atoms with van der Waals surface area (Å²) in [5, 5.41) is 0. The van der Waals surface area contributed by atoms with E-state index in [1.54, 1.807) is 23.5 Å². The van der Waals surface area contributed by atoms with Crippen molar-refractivity contribution in [3.05, 3.63) is 133 Å². The number of benzene rings is 5. The van der Waals surface area contributed by atoms with Crippen LogP contribution in [0.4, 0.5) is 0 Å². The highest BCUT2D eigenvalue weighted by Gasteiger charge is 2.03. The van der Waals surface area contributed by atoms with Gasteiger partial charge in [0.1, 0.15) is 0 Å². The van der Waals surface area contributed by atoms with E-state index in [4.69, 9.17) is 0 Å². The molecule has 32 heavy (non-hydrogen) atoms. The molecule has 0 aliphatic carbocycles. The Kier molecular flexibility index (Phi) is 6.43. The first kappa shape index (κ1) is 20.7. The largest absolute Gasteiger partial charge is 0.0901 e. The molecule has 0 saturated heterocycles. The highest BCUT2D eigenvalue weighted by atomic mass is 32.2. The van der Waals surface area contributed by atoms with Crippen LogP contribution in [-0.4, -0.2) is 0 Å². The molecular weight excluding hydrogens is 424 g/mol. The average molecular weight is 447 g/mol. The van der Waals surface area contributed by atoms with Crippen molar-refractivity contribution in [2.45, 2.75) is 19.6 Å². The van der Waals surface area contributed by atoms with Gasteiger partial charge in [0.2, 0.25) is 0 Å². The summed E-state index contributed by atoms with van der Waals surface area (Å²) < 4.78 is 0.